The van der Waals surface area contributed by atoms with Gasteiger partial charge >= 0.3 is 0 Å². The largest absolute Gasteiger partial charge is 0.497 e. The minimum Gasteiger partial charge on any atom is -0.497 e. The standard InChI is InChI=1S/C21H22N2O6/c1-25-16-7-5-6-13(8-16)17-11-15(23-29-17)12-20(24)22-14-9-18(26-2)21(28-4)19(10-14)27-3/h5-11H,12H2,1-4H3,(H,22,24). The van der Waals surface area contributed by atoms with Crippen molar-refractivity contribution in [1.82, 2.24) is 5.16 Å². The number of carbonyl (C=O) groups is 1. The van der Waals surface area contributed by atoms with Crippen LogP contribution in [0.25, 0.3) is 11.3 Å². The Morgan fingerprint density at radius 3 is 2.31 bits per heavy atom. The van der Waals surface area contributed by atoms with Gasteiger partial charge in [0.15, 0.2) is 17.3 Å². The third kappa shape index (κ3) is 4.60. The van der Waals surface area contributed by atoms with Gasteiger partial charge in [0.2, 0.25) is 11.7 Å². The Labute approximate surface area is 168 Å². The second kappa shape index (κ2) is 9.01. The monoisotopic (exact) mass is 398 g/mol. The molecule has 0 fully saturated rings. The molecule has 0 unspecified atom stereocenters. The summed E-state index contributed by atoms with van der Waals surface area (Å²) in [6, 6.07) is 12.4. The van der Waals surface area contributed by atoms with Gasteiger partial charge in [-0.05, 0) is 12.1 Å². The van der Waals surface area contributed by atoms with Gasteiger partial charge in [0, 0.05) is 29.4 Å². The van der Waals surface area contributed by atoms with Gasteiger partial charge in [0.05, 0.1) is 40.6 Å². The van der Waals surface area contributed by atoms with Gasteiger partial charge in [-0.15, -0.1) is 0 Å². The number of rotatable bonds is 8. The SMILES string of the molecule is COc1cccc(-c2cc(CC(=O)Nc3cc(OC)c(OC)c(OC)c3)no2)c1. The first-order valence-electron chi connectivity index (χ1n) is 8.77. The molecule has 2 aromatic carbocycles. The first-order chi connectivity index (χ1) is 14.1. The lowest BCUT2D eigenvalue weighted by molar-refractivity contribution is -0.115. The van der Waals surface area contributed by atoms with Gasteiger partial charge in [-0.3, -0.25) is 4.79 Å². The molecule has 0 bridgehead atoms. The van der Waals surface area contributed by atoms with Crippen LogP contribution in [-0.2, 0) is 11.2 Å². The van der Waals surface area contributed by atoms with Crippen molar-refractivity contribution in [2.24, 2.45) is 0 Å². The lowest BCUT2D eigenvalue weighted by Crippen LogP contribution is -2.14. The second-order valence-electron chi connectivity index (χ2n) is 6.05. The molecule has 1 amide bonds. The van der Waals surface area contributed by atoms with E-state index in [2.05, 4.69) is 10.5 Å². The number of methoxy groups -OCH3 is 4. The van der Waals surface area contributed by atoms with Crippen molar-refractivity contribution in [2.45, 2.75) is 6.42 Å². The number of anilines is 1. The minimum absolute atomic E-state index is 0.0458. The van der Waals surface area contributed by atoms with E-state index in [0.717, 1.165) is 5.56 Å². The molecule has 29 heavy (non-hydrogen) atoms. The number of hydrogen-bond donors (Lipinski definition) is 1. The molecule has 0 aliphatic heterocycles. The van der Waals surface area contributed by atoms with Crippen molar-refractivity contribution in [3.63, 3.8) is 0 Å². The van der Waals surface area contributed by atoms with E-state index in [1.54, 1.807) is 25.3 Å². The van der Waals surface area contributed by atoms with E-state index in [1.165, 1.54) is 21.3 Å². The van der Waals surface area contributed by atoms with Crippen LogP contribution in [0.5, 0.6) is 23.0 Å². The van der Waals surface area contributed by atoms with E-state index in [0.29, 0.717) is 40.1 Å². The van der Waals surface area contributed by atoms with Crippen molar-refractivity contribution in [1.29, 1.82) is 0 Å². The number of benzene rings is 2. The summed E-state index contributed by atoms with van der Waals surface area (Å²) in [5.74, 6) is 2.35. The Hall–Kier alpha value is -3.68. The van der Waals surface area contributed by atoms with Gasteiger partial charge in [0.1, 0.15) is 5.75 Å². The molecule has 1 heterocycles. The summed E-state index contributed by atoms with van der Waals surface area (Å²) in [4.78, 5) is 12.5. The zero-order chi connectivity index (χ0) is 20.8. The maximum Gasteiger partial charge on any atom is 0.230 e. The fourth-order valence-corrected chi connectivity index (χ4v) is 2.83. The molecule has 3 rings (SSSR count). The first-order valence-corrected chi connectivity index (χ1v) is 8.77. The summed E-state index contributed by atoms with van der Waals surface area (Å²) < 4.78 is 26.4. The Balaban J connectivity index is 1.72. The molecule has 1 aromatic heterocycles. The summed E-state index contributed by atoms with van der Waals surface area (Å²) in [6.07, 6.45) is 0.0458. The number of aromatic nitrogens is 1. The van der Waals surface area contributed by atoms with Crippen LogP contribution >= 0.6 is 0 Å². The normalized spacial score (nSPS) is 10.3. The van der Waals surface area contributed by atoms with Gasteiger partial charge in [-0.2, -0.15) is 0 Å². The van der Waals surface area contributed by atoms with Crippen molar-refractivity contribution in [2.75, 3.05) is 33.8 Å². The lowest BCUT2D eigenvalue weighted by Gasteiger charge is -2.14. The number of amides is 1. The zero-order valence-corrected chi connectivity index (χ0v) is 16.6. The van der Waals surface area contributed by atoms with Crippen LogP contribution < -0.4 is 24.3 Å². The van der Waals surface area contributed by atoms with E-state index in [-0.39, 0.29) is 12.3 Å². The van der Waals surface area contributed by atoms with E-state index >= 15 is 0 Å². The Kier molecular flexibility index (Phi) is 6.23. The van der Waals surface area contributed by atoms with E-state index < -0.39 is 0 Å². The molecule has 0 aliphatic carbocycles. The predicted octanol–water partition coefficient (Wildman–Crippen LogP) is 3.56. The summed E-state index contributed by atoms with van der Waals surface area (Å²) in [7, 11) is 6.14. The van der Waals surface area contributed by atoms with Crippen LogP contribution in [0.1, 0.15) is 5.69 Å². The maximum absolute atomic E-state index is 12.5. The van der Waals surface area contributed by atoms with Crippen LogP contribution in [0, 0.1) is 0 Å². The van der Waals surface area contributed by atoms with Crippen molar-refractivity contribution >= 4 is 11.6 Å². The predicted molar refractivity (Wildman–Crippen MR) is 107 cm³/mol. The highest BCUT2D eigenvalue weighted by Gasteiger charge is 2.16. The molecule has 0 saturated heterocycles. The molecule has 0 atom stereocenters. The Morgan fingerprint density at radius 2 is 1.69 bits per heavy atom. The molecular formula is C21H22N2O6. The number of ether oxygens (including phenoxy) is 4. The van der Waals surface area contributed by atoms with E-state index in [9.17, 15) is 4.79 Å². The quantitative estimate of drug-likeness (QED) is 0.620. The van der Waals surface area contributed by atoms with Gasteiger partial charge < -0.3 is 28.8 Å². The van der Waals surface area contributed by atoms with E-state index in [1.807, 2.05) is 24.3 Å². The molecule has 0 radical (unpaired) electrons. The topological polar surface area (TPSA) is 92.1 Å². The summed E-state index contributed by atoms with van der Waals surface area (Å²) in [6.45, 7) is 0. The van der Waals surface area contributed by atoms with Crippen LogP contribution in [0.2, 0.25) is 0 Å². The summed E-state index contributed by atoms with van der Waals surface area (Å²) in [5.41, 5.74) is 1.84. The molecule has 1 N–H and O–H groups in total. The molecular weight excluding hydrogens is 376 g/mol. The number of nitrogens with one attached hydrogen (secondary N) is 1. The third-order valence-corrected chi connectivity index (χ3v) is 4.20. The van der Waals surface area contributed by atoms with E-state index in [4.69, 9.17) is 23.5 Å². The highest BCUT2D eigenvalue weighted by Crippen LogP contribution is 2.40. The Morgan fingerprint density at radius 1 is 0.966 bits per heavy atom. The van der Waals surface area contributed by atoms with Crippen LogP contribution in [-0.4, -0.2) is 39.5 Å². The second-order valence-corrected chi connectivity index (χ2v) is 6.05. The fraction of sp³-hybridized carbons (Fsp3) is 0.238. The molecule has 0 spiro atoms. The molecule has 8 nitrogen and oxygen atoms in total. The number of nitrogens with zero attached hydrogens (tertiary/aromatic N) is 1. The molecule has 152 valence electrons. The van der Waals surface area contributed by atoms with Crippen molar-refractivity contribution < 1.29 is 28.3 Å². The lowest BCUT2D eigenvalue weighted by atomic mass is 10.1. The molecule has 8 heteroatoms. The maximum atomic E-state index is 12.5. The molecule has 3 aromatic rings. The van der Waals surface area contributed by atoms with Crippen LogP contribution in [0.4, 0.5) is 5.69 Å². The number of hydrogen-bond acceptors (Lipinski definition) is 7. The van der Waals surface area contributed by atoms with Crippen molar-refractivity contribution in [3.05, 3.63) is 48.2 Å². The fourth-order valence-electron chi connectivity index (χ4n) is 2.83. The third-order valence-electron chi connectivity index (χ3n) is 4.20. The van der Waals surface area contributed by atoms with Gasteiger partial charge in [-0.25, -0.2) is 0 Å². The van der Waals surface area contributed by atoms with Crippen molar-refractivity contribution in [3.8, 4) is 34.3 Å². The molecule has 0 aliphatic rings. The number of carbonyl (C=O) groups excluding carboxylic acids is 1. The average molecular weight is 398 g/mol. The summed E-state index contributed by atoms with van der Waals surface area (Å²) >= 11 is 0. The highest BCUT2D eigenvalue weighted by molar-refractivity contribution is 5.93. The summed E-state index contributed by atoms with van der Waals surface area (Å²) in [5, 5.41) is 6.78. The smallest absolute Gasteiger partial charge is 0.230 e. The molecule has 0 saturated carbocycles. The first kappa shape index (κ1) is 20.1. The average Bonchev–Trinajstić information content (AvgIpc) is 3.21. The van der Waals surface area contributed by atoms with Gasteiger partial charge in [0.25, 0.3) is 0 Å². The minimum atomic E-state index is -0.259. The zero-order valence-electron chi connectivity index (χ0n) is 16.6. The van der Waals surface area contributed by atoms with Crippen LogP contribution in [0.3, 0.4) is 0 Å². The van der Waals surface area contributed by atoms with Crippen LogP contribution in [0.15, 0.2) is 47.0 Å². The Bertz CT molecular complexity index is 973. The van der Waals surface area contributed by atoms with Gasteiger partial charge in [-0.1, -0.05) is 17.3 Å². The highest BCUT2D eigenvalue weighted by atomic mass is 16.5.